The van der Waals surface area contributed by atoms with Crippen LogP contribution < -0.4 is 10.6 Å². The standard InChI is InChI=1S/C23H32ClN3O3S/c24-20-4-1-5-21(10-20)31(29,30)27-6-2-3-16(15-27)14-25-22(28)26-23-11-17-7-18(12-23)9-19(8-17)13-23/h1,4-5,10,16-19H,2-3,6-9,11-15H2,(H2,25,26,28). The molecule has 1 saturated heterocycles. The van der Waals surface area contributed by atoms with E-state index in [1.165, 1.54) is 29.6 Å². The van der Waals surface area contributed by atoms with Crippen molar-refractivity contribution in [2.24, 2.45) is 23.7 Å². The fourth-order valence-electron chi connectivity index (χ4n) is 6.97. The van der Waals surface area contributed by atoms with Crippen LogP contribution in [-0.2, 0) is 10.0 Å². The molecule has 31 heavy (non-hydrogen) atoms. The highest BCUT2D eigenvalue weighted by Gasteiger charge is 2.51. The molecule has 4 aliphatic carbocycles. The Kier molecular flexibility index (Phi) is 5.72. The van der Waals surface area contributed by atoms with Crippen LogP contribution in [0.2, 0.25) is 5.02 Å². The minimum atomic E-state index is -3.57. The van der Waals surface area contributed by atoms with Crippen molar-refractivity contribution in [2.45, 2.75) is 61.8 Å². The van der Waals surface area contributed by atoms with Crippen LogP contribution in [0.1, 0.15) is 51.4 Å². The van der Waals surface area contributed by atoms with Gasteiger partial charge in [-0.05, 0) is 93.2 Å². The van der Waals surface area contributed by atoms with E-state index in [0.717, 1.165) is 49.9 Å². The Morgan fingerprint density at radius 3 is 2.45 bits per heavy atom. The number of hydrogen-bond donors (Lipinski definition) is 2. The maximum Gasteiger partial charge on any atom is 0.315 e. The Morgan fingerprint density at radius 2 is 1.81 bits per heavy atom. The number of urea groups is 1. The van der Waals surface area contributed by atoms with Crippen molar-refractivity contribution in [3.63, 3.8) is 0 Å². The molecule has 2 N–H and O–H groups in total. The molecule has 0 radical (unpaired) electrons. The highest BCUT2D eigenvalue weighted by atomic mass is 35.5. The predicted octanol–water partition coefficient (Wildman–Crippen LogP) is 4.01. The van der Waals surface area contributed by atoms with Gasteiger partial charge in [-0.3, -0.25) is 0 Å². The fraction of sp³-hybridized carbons (Fsp3) is 0.696. The lowest BCUT2D eigenvalue weighted by Crippen LogP contribution is -2.61. The molecule has 4 saturated carbocycles. The second-order valence-corrected chi connectivity index (χ2v) is 12.7. The summed E-state index contributed by atoms with van der Waals surface area (Å²) in [5.74, 6) is 2.48. The molecule has 6 rings (SSSR count). The van der Waals surface area contributed by atoms with Gasteiger partial charge in [-0.1, -0.05) is 17.7 Å². The Morgan fingerprint density at radius 1 is 1.13 bits per heavy atom. The predicted molar refractivity (Wildman–Crippen MR) is 120 cm³/mol. The maximum atomic E-state index is 13.0. The number of carbonyl (C=O) groups is 1. The van der Waals surface area contributed by atoms with E-state index in [4.69, 9.17) is 11.6 Å². The first kappa shape index (κ1) is 21.5. The summed E-state index contributed by atoms with van der Waals surface area (Å²) < 4.78 is 27.5. The zero-order chi connectivity index (χ0) is 21.6. The second kappa shape index (κ2) is 8.23. The molecule has 5 aliphatic rings. The number of amides is 2. The third-order valence-electron chi connectivity index (χ3n) is 7.88. The smallest absolute Gasteiger partial charge is 0.315 e. The zero-order valence-electron chi connectivity index (χ0n) is 17.9. The van der Waals surface area contributed by atoms with E-state index in [2.05, 4.69) is 10.6 Å². The van der Waals surface area contributed by atoms with Crippen molar-refractivity contribution in [3.05, 3.63) is 29.3 Å². The lowest BCUT2D eigenvalue weighted by Gasteiger charge is -2.56. The highest BCUT2D eigenvalue weighted by molar-refractivity contribution is 7.89. The molecule has 0 spiro atoms. The zero-order valence-corrected chi connectivity index (χ0v) is 19.4. The summed E-state index contributed by atoms with van der Waals surface area (Å²) in [6.45, 7) is 1.43. The molecule has 8 heteroatoms. The first-order valence-electron chi connectivity index (χ1n) is 11.6. The van der Waals surface area contributed by atoms with Gasteiger partial charge in [0, 0.05) is 30.2 Å². The summed E-state index contributed by atoms with van der Waals surface area (Å²) in [4.78, 5) is 13.0. The molecular weight excluding hydrogens is 434 g/mol. The fourth-order valence-corrected chi connectivity index (χ4v) is 8.83. The summed E-state index contributed by atoms with van der Waals surface area (Å²) in [5, 5.41) is 6.81. The van der Waals surface area contributed by atoms with Crippen LogP contribution in [0.15, 0.2) is 29.2 Å². The molecule has 170 valence electrons. The van der Waals surface area contributed by atoms with Crippen molar-refractivity contribution in [1.29, 1.82) is 0 Å². The SMILES string of the molecule is O=C(NCC1CCCN(S(=O)(=O)c2cccc(Cl)c2)C1)NC12CC3CC(CC(C3)C1)C2. The first-order chi connectivity index (χ1) is 14.8. The molecule has 1 atom stereocenters. The number of hydrogen-bond acceptors (Lipinski definition) is 3. The van der Waals surface area contributed by atoms with Crippen LogP contribution >= 0.6 is 11.6 Å². The highest BCUT2D eigenvalue weighted by Crippen LogP contribution is 2.55. The van der Waals surface area contributed by atoms with Gasteiger partial charge in [-0.25, -0.2) is 13.2 Å². The second-order valence-electron chi connectivity index (χ2n) is 10.4. The van der Waals surface area contributed by atoms with Gasteiger partial charge >= 0.3 is 6.03 Å². The van der Waals surface area contributed by atoms with Crippen LogP contribution in [0, 0.1) is 23.7 Å². The molecular formula is C23H32ClN3O3S. The maximum absolute atomic E-state index is 13.0. The number of carbonyl (C=O) groups excluding carboxylic acids is 1. The molecule has 6 nitrogen and oxygen atoms in total. The van der Waals surface area contributed by atoms with E-state index >= 15 is 0 Å². The van der Waals surface area contributed by atoms with Gasteiger partial charge < -0.3 is 10.6 Å². The lowest BCUT2D eigenvalue weighted by molar-refractivity contribution is -0.0135. The summed E-state index contributed by atoms with van der Waals surface area (Å²) in [6.07, 6.45) is 9.14. The normalized spacial score (nSPS) is 35.1. The van der Waals surface area contributed by atoms with Gasteiger partial charge in [0.15, 0.2) is 0 Å². The quantitative estimate of drug-likeness (QED) is 0.689. The van der Waals surface area contributed by atoms with Crippen molar-refractivity contribution < 1.29 is 13.2 Å². The number of piperidine rings is 1. The van der Waals surface area contributed by atoms with E-state index < -0.39 is 10.0 Å². The van der Waals surface area contributed by atoms with Gasteiger partial charge in [0.2, 0.25) is 10.0 Å². The number of sulfonamides is 1. The number of rotatable bonds is 5. The molecule has 4 bridgehead atoms. The van der Waals surface area contributed by atoms with E-state index in [-0.39, 0.29) is 22.4 Å². The van der Waals surface area contributed by atoms with Crippen LogP contribution in [-0.4, -0.2) is 43.9 Å². The van der Waals surface area contributed by atoms with Crippen LogP contribution in [0.5, 0.6) is 0 Å². The van der Waals surface area contributed by atoms with Crippen LogP contribution in [0.3, 0.4) is 0 Å². The van der Waals surface area contributed by atoms with Gasteiger partial charge in [-0.15, -0.1) is 0 Å². The van der Waals surface area contributed by atoms with E-state index in [1.54, 1.807) is 18.2 Å². The number of halogens is 1. The van der Waals surface area contributed by atoms with Crippen LogP contribution in [0.25, 0.3) is 0 Å². The molecule has 1 heterocycles. The molecule has 1 aromatic rings. The van der Waals surface area contributed by atoms with Crippen LogP contribution in [0.4, 0.5) is 4.79 Å². The minimum Gasteiger partial charge on any atom is -0.338 e. The van der Waals surface area contributed by atoms with Crippen molar-refractivity contribution in [1.82, 2.24) is 14.9 Å². The van der Waals surface area contributed by atoms with E-state index in [9.17, 15) is 13.2 Å². The number of nitrogens with zero attached hydrogens (tertiary/aromatic N) is 1. The van der Waals surface area contributed by atoms with Crippen molar-refractivity contribution >= 4 is 27.7 Å². The lowest BCUT2D eigenvalue weighted by atomic mass is 9.53. The summed E-state index contributed by atoms with van der Waals surface area (Å²) in [6, 6.07) is 6.33. The number of benzene rings is 1. The monoisotopic (exact) mass is 465 g/mol. The summed E-state index contributed by atoms with van der Waals surface area (Å²) in [5.41, 5.74) is -0.00660. The Hall–Kier alpha value is -1.31. The van der Waals surface area contributed by atoms with Crippen molar-refractivity contribution in [3.8, 4) is 0 Å². The summed E-state index contributed by atoms with van der Waals surface area (Å²) in [7, 11) is -3.57. The Labute approximate surface area is 190 Å². The average Bonchev–Trinajstić information content (AvgIpc) is 2.71. The van der Waals surface area contributed by atoms with Gasteiger partial charge in [0.05, 0.1) is 4.90 Å². The third-order valence-corrected chi connectivity index (χ3v) is 9.98. The largest absolute Gasteiger partial charge is 0.338 e. The minimum absolute atomic E-state index is 0.00660. The van der Waals surface area contributed by atoms with Gasteiger partial charge in [0.25, 0.3) is 0 Å². The first-order valence-corrected chi connectivity index (χ1v) is 13.4. The summed E-state index contributed by atoms with van der Waals surface area (Å²) >= 11 is 5.99. The Bertz CT molecular complexity index is 916. The third kappa shape index (κ3) is 4.46. The van der Waals surface area contributed by atoms with Crippen molar-refractivity contribution in [2.75, 3.05) is 19.6 Å². The average molecular weight is 466 g/mol. The molecule has 0 aromatic heterocycles. The molecule has 1 aromatic carbocycles. The molecule has 1 aliphatic heterocycles. The van der Waals surface area contributed by atoms with E-state index in [0.29, 0.717) is 24.7 Å². The number of nitrogens with one attached hydrogen (secondary N) is 2. The van der Waals surface area contributed by atoms with E-state index in [1.807, 2.05) is 0 Å². The topological polar surface area (TPSA) is 78.5 Å². The molecule has 5 fully saturated rings. The molecule has 1 unspecified atom stereocenters. The Balaban J connectivity index is 1.16. The van der Waals surface area contributed by atoms with Gasteiger partial charge in [0.1, 0.15) is 0 Å². The van der Waals surface area contributed by atoms with Gasteiger partial charge in [-0.2, -0.15) is 4.31 Å². The molecule has 2 amide bonds.